The molecule has 1 unspecified atom stereocenters. The Hall–Kier alpha value is -1.89. The molecular weight excluding hydrogens is 274 g/mol. The van der Waals surface area contributed by atoms with E-state index in [2.05, 4.69) is 27.2 Å². The predicted molar refractivity (Wildman–Crippen MR) is 81.2 cm³/mol. The first-order valence-corrected chi connectivity index (χ1v) is 7.28. The van der Waals surface area contributed by atoms with Crippen LogP contribution in [0.25, 0.3) is 0 Å². The molecule has 0 amide bonds. The summed E-state index contributed by atoms with van der Waals surface area (Å²) in [6, 6.07) is 0.0767. The highest BCUT2D eigenvalue weighted by atomic mass is 32.1. The molecule has 2 aromatic rings. The average Bonchev–Trinajstić information content (AvgIpc) is 2.73. The molecule has 2 aromatic heterocycles. The van der Waals surface area contributed by atoms with Crippen LogP contribution in [0.5, 0.6) is 5.88 Å². The van der Waals surface area contributed by atoms with E-state index < -0.39 is 0 Å². The molecule has 108 valence electrons. The summed E-state index contributed by atoms with van der Waals surface area (Å²) in [5.41, 5.74) is 7.48. The van der Waals surface area contributed by atoms with Crippen molar-refractivity contribution in [3.05, 3.63) is 21.9 Å². The van der Waals surface area contributed by atoms with Crippen molar-refractivity contribution >= 4 is 22.8 Å². The van der Waals surface area contributed by atoms with Crippen molar-refractivity contribution < 1.29 is 4.74 Å². The maximum absolute atomic E-state index is 6.01. The van der Waals surface area contributed by atoms with E-state index in [0.29, 0.717) is 24.0 Å². The van der Waals surface area contributed by atoms with Gasteiger partial charge in [-0.3, -0.25) is 0 Å². The van der Waals surface area contributed by atoms with E-state index in [-0.39, 0.29) is 6.04 Å². The lowest BCUT2D eigenvalue weighted by Crippen LogP contribution is -2.11. The number of nitrogens with two attached hydrogens (primary N) is 1. The van der Waals surface area contributed by atoms with Gasteiger partial charge in [0, 0.05) is 4.88 Å². The van der Waals surface area contributed by atoms with Crippen molar-refractivity contribution in [1.82, 2.24) is 15.0 Å². The zero-order chi connectivity index (χ0) is 14.7. The summed E-state index contributed by atoms with van der Waals surface area (Å²) in [6.07, 6.45) is 1.45. The molecule has 0 saturated heterocycles. The van der Waals surface area contributed by atoms with E-state index in [1.807, 2.05) is 20.8 Å². The minimum Gasteiger partial charge on any atom is -0.476 e. The molecule has 0 spiro atoms. The van der Waals surface area contributed by atoms with Crippen LogP contribution in [-0.4, -0.2) is 21.6 Å². The van der Waals surface area contributed by atoms with Crippen LogP contribution in [0.15, 0.2) is 6.33 Å². The van der Waals surface area contributed by atoms with Crippen LogP contribution < -0.4 is 15.8 Å². The fourth-order valence-corrected chi connectivity index (χ4v) is 2.90. The minimum atomic E-state index is 0.0767. The maximum Gasteiger partial charge on any atom is 0.242 e. The number of rotatable bonds is 5. The van der Waals surface area contributed by atoms with Crippen LogP contribution in [0.4, 0.5) is 11.5 Å². The zero-order valence-electron chi connectivity index (χ0n) is 12.1. The standard InChI is InChI=1S/C13H19N5OS/c1-5-19-13-10(14)12(15-6-16-13)18-8(3)11-7(2)17-9(4)20-11/h6,8H,5,14H2,1-4H3,(H,15,16,18). The van der Waals surface area contributed by atoms with Gasteiger partial charge in [0.15, 0.2) is 5.82 Å². The van der Waals surface area contributed by atoms with Gasteiger partial charge in [-0.05, 0) is 27.7 Å². The number of anilines is 2. The molecule has 20 heavy (non-hydrogen) atoms. The Balaban J connectivity index is 2.21. The van der Waals surface area contributed by atoms with E-state index in [0.717, 1.165) is 10.7 Å². The van der Waals surface area contributed by atoms with Crippen LogP contribution in [0.2, 0.25) is 0 Å². The van der Waals surface area contributed by atoms with Crippen molar-refractivity contribution in [2.24, 2.45) is 0 Å². The topological polar surface area (TPSA) is 86.0 Å². The Labute approximate surface area is 122 Å². The molecule has 0 aliphatic carbocycles. The van der Waals surface area contributed by atoms with Gasteiger partial charge in [0.05, 0.1) is 23.4 Å². The molecule has 0 bridgehead atoms. The fourth-order valence-electron chi connectivity index (χ4n) is 1.97. The first kappa shape index (κ1) is 14.5. The second-order valence-electron chi connectivity index (χ2n) is 4.42. The normalized spacial score (nSPS) is 12.2. The Morgan fingerprint density at radius 2 is 2.15 bits per heavy atom. The smallest absolute Gasteiger partial charge is 0.242 e. The van der Waals surface area contributed by atoms with Gasteiger partial charge in [-0.2, -0.15) is 4.98 Å². The predicted octanol–water partition coefficient (Wildman–Crippen LogP) is 2.70. The van der Waals surface area contributed by atoms with Crippen LogP contribution >= 0.6 is 11.3 Å². The summed E-state index contributed by atoms with van der Waals surface area (Å²) in [6.45, 7) is 8.47. The number of aromatic nitrogens is 3. The maximum atomic E-state index is 6.01. The fraction of sp³-hybridized carbons (Fsp3) is 0.462. The second kappa shape index (κ2) is 6.04. The van der Waals surface area contributed by atoms with Crippen molar-refractivity contribution in [3.63, 3.8) is 0 Å². The average molecular weight is 293 g/mol. The molecule has 1 atom stereocenters. The van der Waals surface area contributed by atoms with Gasteiger partial charge in [0.2, 0.25) is 5.88 Å². The third kappa shape index (κ3) is 2.98. The third-order valence-corrected chi connectivity index (χ3v) is 4.07. The van der Waals surface area contributed by atoms with Gasteiger partial charge < -0.3 is 15.8 Å². The summed E-state index contributed by atoms with van der Waals surface area (Å²) in [5, 5.41) is 4.35. The molecule has 0 fully saturated rings. The molecule has 7 heteroatoms. The van der Waals surface area contributed by atoms with Crippen molar-refractivity contribution in [1.29, 1.82) is 0 Å². The Morgan fingerprint density at radius 3 is 2.75 bits per heavy atom. The molecule has 2 rings (SSSR count). The highest BCUT2D eigenvalue weighted by molar-refractivity contribution is 7.11. The molecule has 0 aromatic carbocycles. The quantitative estimate of drug-likeness (QED) is 0.881. The molecule has 0 aliphatic rings. The van der Waals surface area contributed by atoms with Crippen LogP contribution in [-0.2, 0) is 0 Å². The monoisotopic (exact) mass is 293 g/mol. The van der Waals surface area contributed by atoms with Gasteiger partial charge in [-0.1, -0.05) is 0 Å². The van der Waals surface area contributed by atoms with Gasteiger partial charge in [0.1, 0.15) is 12.0 Å². The lowest BCUT2D eigenvalue weighted by molar-refractivity contribution is 0.328. The molecule has 2 heterocycles. The number of ether oxygens (including phenoxy) is 1. The number of nitrogens with zero attached hydrogens (tertiary/aromatic N) is 3. The van der Waals surface area contributed by atoms with Crippen LogP contribution in [0.3, 0.4) is 0 Å². The van der Waals surface area contributed by atoms with E-state index >= 15 is 0 Å². The minimum absolute atomic E-state index is 0.0767. The number of aryl methyl sites for hydroxylation is 2. The zero-order valence-corrected chi connectivity index (χ0v) is 12.9. The lowest BCUT2D eigenvalue weighted by atomic mass is 10.2. The summed E-state index contributed by atoms with van der Waals surface area (Å²) < 4.78 is 5.37. The molecule has 0 saturated carbocycles. The number of thiazole rings is 1. The van der Waals surface area contributed by atoms with E-state index in [1.165, 1.54) is 11.2 Å². The highest BCUT2D eigenvalue weighted by Gasteiger charge is 2.16. The molecule has 0 radical (unpaired) electrons. The van der Waals surface area contributed by atoms with Gasteiger partial charge >= 0.3 is 0 Å². The van der Waals surface area contributed by atoms with Gasteiger partial charge in [-0.25, -0.2) is 9.97 Å². The first-order chi connectivity index (χ1) is 9.52. The highest BCUT2D eigenvalue weighted by Crippen LogP contribution is 2.31. The van der Waals surface area contributed by atoms with Crippen molar-refractivity contribution in [3.8, 4) is 5.88 Å². The number of hydrogen-bond donors (Lipinski definition) is 2. The van der Waals surface area contributed by atoms with Crippen LogP contribution in [0.1, 0.15) is 35.5 Å². The summed E-state index contributed by atoms with van der Waals surface area (Å²) in [7, 11) is 0. The van der Waals surface area contributed by atoms with Crippen molar-refractivity contribution in [2.75, 3.05) is 17.7 Å². The van der Waals surface area contributed by atoms with Crippen LogP contribution in [0, 0.1) is 13.8 Å². The molecular formula is C13H19N5OS. The third-order valence-electron chi connectivity index (χ3n) is 2.81. The van der Waals surface area contributed by atoms with E-state index in [9.17, 15) is 0 Å². The molecule has 6 nitrogen and oxygen atoms in total. The summed E-state index contributed by atoms with van der Waals surface area (Å²) >= 11 is 1.67. The number of nitrogens with one attached hydrogen (secondary N) is 1. The second-order valence-corrected chi connectivity index (χ2v) is 5.66. The van der Waals surface area contributed by atoms with Gasteiger partial charge in [0.25, 0.3) is 0 Å². The molecule has 0 aliphatic heterocycles. The summed E-state index contributed by atoms with van der Waals surface area (Å²) in [5.74, 6) is 0.996. The van der Waals surface area contributed by atoms with E-state index in [1.54, 1.807) is 11.3 Å². The van der Waals surface area contributed by atoms with E-state index in [4.69, 9.17) is 10.5 Å². The lowest BCUT2D eigenvalue weighted by Gasteiger charge is -2.16. The number of hydrogen-bond acceptors (Lipinski definition) is 7. The largest absolute Gasteiger partial charge is 0.476 e. The summed E-state index contributed by atoms with van der Waals surface area (Å²) in [4.78, 5) is 13.8. The number of nitrogen functional groups attached to an aromatic ring is 1. The first-order valence-electron chi connectivity index (χ1n) is 6.46. The van der Waals surface area contributed by atoms with Gasteiger partial charge in [-0.15, -0.1) is 11.3 Å². The Morgan fingerprint density at radius 1 is 1.40 bits per heavy atom. The van der Waals surface area contributed by atoms with Crippen molar-refractivity contribution in [2.45, 2.75) is 33.7 Å². The SMILES string of the molecule is CCOc1ncnc(NC(C)c2sc(C)nc2C)c1N. The molecule has 3 N–H and O–H groups in total. The Kier molecular flexibility index (Phi) is 4.39. The Bertz CT molecular complexity index is 598.